The molecule has 0 fully saturated rings. The Labute approximate surface area is 351 Å². The molecule has 5 atom stereocenters. The summed E-state index contributed by atoms with van der Waals surface area (Å²) in [5.74, 6) is 3.06. The fourth-order valence-electron chi connectivity index (χ4n) is 7.48. The van der Waals surface area contributed by atoms with Gasteiger partial charge in [-0.25, -0.2) is 4.57 Å². The summed E-state index contributed by atoms with van der Waals surface area (Å²) < 4.78 is 36.1. The van der Waals surface area contributed by atoms with E-state index < -0.39 is 13.9 Å². The summed E-state index contributed by atoms with van der Waals surface area (Å²) in [5, 5.41) is 0. The van der Waals surface area contributed by atoms with Crippen molar-refractivity contribution in [1.29, 1.82) is 0 Å². The van der Waals surface area contributed by atoms with Gasteiger partial charge in [-0.15, -0.1) is 0 Å². The maximum absolute atomic E-state index is 12.6. The van der Waals surface area contributed by atoms with Crippen LogP contribution in [0, 0.1) is 23.7 Å². The highest BCUT2D eigenvalue weighted by Gasteiger charge is 2.25. The van der Waals surface area contributed by atoms with Crippen LogP contribution in [0.25, 0.3) is 0 Å². The van der Waals surface area contributed by atoms with Crippen molar-refractivity contribution >= 4 is 7.82 Å². The molecule has 0 aliphatic heterocycles. The third kappa shape index (κ3) is 42.1. The van der Waals surface area contributed by atoms with Crippen LogP contribution in [0.4, 0.5) is 0 Å². The van der Waals surface area contributed by atoms with Gasteiger partial charge in [0, 0.05) is 13.2 Å². The summed E-state index contributed by atoms with van der Waals surface area (Å²) in [6, 6.07) is 0. The molecule has 0 saturated heterocycles. The van der Waals surface area contributed by atoms with Gasteiger partial charge in [0.2, 0.25) is 0 Å². The second-order valence-electron chi connectivity index (χ2n) is 19.5. The first-order valence-corrected chi connectivity index (χ1v) is 25.8. The number of hydrogen-bond acceptors (Lipinski definition) is 5. The van der Waals surface area contributed by atoms with E-state index in [2.05, 4.69) is 41.5 Å². The topological polar surface area (TPSA) is 74.2 Å². The number of unbranched alkanes of at least 4 members (excludes halogenated alkanes) is 17. The lowest BCUT2D eigenvalue weighted by Crippen LogP contribution is -2.37. The van der Waals surface area contributed by atoms with Crippen LogP contribution < -0.4 is 0 Å². The average Bonchev–Trinajstić information content (AvgIpc) is 3.12. The Kier molecular flexibility index (Phi) is 37.9. The van der Waals surface area contributed by atoms with Crippen LogP contribution >= 0.6 is 7.82 Å². The second kappa shape index (κ2) is 38.0. The van der Waals surface area contributed by atoms with Gasteiger partial charge in [-0.1, -0.05) is 208 Å². The number of phosphoric ester groups is 1. The molecule has 0 aromatic heterocycles. The van der Waals surface area contributed by atoms with Crippen LogP contribution in [-0.4, -0.2) is 76.2 Å². The molecule has 8 heteroatoms. The van der Waals surface area contributed by atoms with Gasteiger partial charge < -0.3 is 18.9 Å². The van der Waals surface area contributed by atoms with Crippen molar-refractivity contribution in [3.05, 3.63) is 0 Å². The Bertz CT molecular complexity index is 867. The monoisotopic (exact) mass is 819 g/mol. The van der Waals surface area contributed by atoms with Gasteiger partial charge in [0.1, 0.15) is 19.3 Å². The average molecular weight is 819 g/mol. The molecule has 0 aromatic rings. The normalized spacial score (nSPS) is 15.6. The highest BCUT2D eigenvalue weighted by molar-refractivity contribution is 7.47. The predicted molar refractivity (Wildman–Crippen MR) is 242 cm³/mol. The molecule has 1 N–H and O–H groups in total. The summed E-state index contributed by atoms with van der Waals surface area (Å²) in [7, 11) is 1.91. The lowest BCUT2D eigenvalue weighted by Gasteiger charge is -2.24. The highest BCUT2D eigenvalue weighted by Crippen LogP contribution is 2.43. The summed E-state index contributed by atoms with van der Waals surface area (Å²) >= 11 is 0. The van der Waals surface area contributed by atoms with Gasteiger partial charge in [0.15, 0.2) is 0 Å². The van der Waals surface area contributed by atoms with Crippen molar-refractivity contribution in [2.45, 2.75) is 227 Å². The van der Waals surface area contributed by atoms with Crippen LogP contribution in [0.3, 0.4) is 0 Å². The quantitative estimate of drug-likeness (QED) is 0.0375. The minimum atomic E-state index is -4.16. The summed E-state index contributed by atoms with van der Waals surface area (Å²) in [6.45, 7) is 16.5. The lowest BCUT2D eigenvalue weighted by atomic mass is 9.91. The van der Waals surface area contributed by atoms with E-state index in [4.69, 9.17) is 18.5 Å². The molecule has 0 bridgehead atoms. The second-order valence-corrected chi connectivity index (χ2v) is 20.9. The molecule has 0 radical (unpaired) electrons. The lowest BCUT2D eigenvalue weighted by molar-refractivity contribution is -0.870. The van der Waals surface area contributed by atoms with Crippen molar-refractivity contribution in [1.82, 2.24) is 0 Å². The van der Waals surface area contributed by atoms with E-state index in [0.717, 1.165) is 30.6 Å². The van der Waals surface area contributed by atoms with Gasteiger partial charge in [0.05, 0.1) is 34.4 Å². The Morgan fingerprint density at radius 2 is 0.893 bits per heavy atom. The SMILES string of the molecule is CCCCCCCCCCCCCCCCCCCCOC[C@H](COP(=O)(O)OCC[N+](C)(C)C)OCC[C@H](C)CCC[C@H](C)CCC[C@H](C)CCCC(C)C. The minimum absolute atomic E-state index is 0.0144. The van der Waals surface area contributed by atoms with E-state index >= 15 is 0 Å². The maximum Gasteiger partial charge on any atom is 0.472 e. The van der Waals surface area contributed by atoms with Gasteiger partial charge in [-0.2, -0.15) is 0 Å². The number of phosphoric acid groups is 1. The van der Waals surface area contributed by atoms with Crippen LogP contribution in [0.5, 0.6) is 0 Å². The molecule has 0 heterocycles. The van der Waals surface area contributed by atoms with Crippen LogP contribution in [0.2, 0.25) is 0 Å². The molecule has 0 amide bonds. The van der Waals surface area contributed by atoms with Gasteiger partial charge in [-0.05, 0) is 36.5 Å². The van der Waals surface area contributed by atoms with Crippen molar-refractivity contribution in [3.8, 4) is 0 Å². The standard InChI is InChI=1S/C48H100NO6P/c1-10-11-12-13-14-15-16-17-18-19-20-21-22-23-24-25-26-27-39-52-42-48(43-55-56(50,51)54-41-38-49(7,8)9)53-40-37-47(6)36-30-35-46(5)34-29-33-45(4)32-28-31-44(2)3/h44-48H,10-43H2,1-9H3/p+1/t45-,46-,47-,48-/m1/s1. The molecule has 0 aliphatic rings. The number of nitrogens with zero attached hydrogens (tertiary/aromatic N) is 1. The number of hydrogen-bond donors (Lipinski definition) is 1. The van der Waals surface area contributed by atoms with E-state index in [1.807, 2.05) is 21.1 Å². The Hall–Kier alpha value is -0.0100. The number of likely N-dealkylation sites (N-methyl/N-ethyl adjacent to an activating group) is 1. The van der Waals surface area contributed by atoms with Crippen molar-refractivity contribution in [2.24, 2.45) is 23.7 Å². The fraction of sp³-hybridized carbons (Fsp3) is 1.00. The Morgan fingerprint density at radius 1 is 0.482 bits per heavy atom. The molecule has 338 valence electrons. The maximum atomic E-state index is 12.6. The largest absolute Gasteiger partial charge is 0.472 e. The Balaban J connectivity index is 4.25. The van der Waals surface area contributed by atoms with Crippen molar-refractivity contribution in [2.75, 3.05) is 60.7 Å². The molecule has 56 heavy (non-hydrogen) atoms. The molecule has 0 spiro atoms. The zero-order valence-electron chi connectivity index (χ0n) is 39.3. The first-order valence-electron chi connectivity index (χ1n) is 24.4. The molecular formula is C48H101NO6P+. The Morgan fingerprint density at radius 3 is 1.32 bits per heavy atom. The number of quaternary nitrogens is 1. The summed E-state index contributed by atoms with van der Waals surface area (Å²) in [4.78, 5) is 10.3. The van der Waals surface area contributed by atoms with Gasteiger partial charge in [0.25, 0.3) is 0 Å². The zero-order chi connectivity index (χ0) is 41.8. The highest BCUT2D eigenvalue weighted by atomic mass is 31.2. The smallest absolute Gasteiger partial charge is 0.379 e. The number of rotatable bonds is 44. The molecular weight excluding hydrogens is 718 g/mol. The molecule has 1 unspecified atom stereocenters. The van der Waals surface area contributed by atoms with E-state index in [1.165, 1.54) is 167 Å². The third-order valence-corrected chi connectivity index (χ3v) is 12.6. The van der Waals surface area contributed by atoms with E-state index in [0.29, 0.717) is 36.8 Å². The van der Waals surface area contributed by atoms with Crippen molar-refractivity contribution < 1.29 is 32.5 Å². The fourth-order valence-corrected chi connectivity index (χ4v) is 8.22. The molecule has 0 aliphatic carbocycles. The van der Waals surface area contributed by atoms with Crippen LogP contribution in [0.1, 0.15) is 221 Å². The van der Waals surface area contributed by atoms with E-state index in [-0.39, 0.29) is 13.2 Å². The van der Waals surface area contributed by atoms with Crippen molar-refractivity contribution in [3.63, 3.8) is 0 Å². The van der Waals surface area contributed by atoms with Crippen LogP contribution in [-0.2, 0) is 23.1 Å². The minimum Gasteiger partial charge on any atom is -0.379 e. The first kappa shape index (κ1) is 56.0. The first-order chi connectivity index (χ1) is 26.7. The predicted octanol–water partition coefficient (Wildman–Crippen LogP) is 14.7. The summed E-state index contributed by atoms with van der Waals surface area (Å²) in [5.41, 5.74) is 0. The molecule has 0 rings (SSSR count). The molecule has 0 aromatic carbocycles. The zero-order valence-corrected chi connectivity index (χ0v) is 40.2. The van der Waals surface area contributed by atoms with Gasteiger partial charge >= 0.3 is 7.82 Å². The number of ether oxygens (including phenoxy) is 2. The van der Waals surface area contributed by atoms with E-state index in [9.17, 15) is 9.46 Å². The third-order valence-electron chi connectivity index (χ3n) is 11.6. The molecule has 7 nitrogen and oxygen atoms in total. The molecule has 0 saturated carbocycles. The van der Waals surface area contributed by atoms with E-state index in [1.54, 1.807) is 0 Å². The van der Waals surface area contributed by atoms with Crippen LogP contribution in [0.15, 0.2) is 0 Å². The summed E-state index contributed by atoms with van der Waals surface area (Å²) in [6.07, 6.45) is 37.1. The van der Waals surface area contributed by atoms with Gasteiger partial charge in [-0.3, -0.25) is 9.05 Å².